The van der Waals surface area contributed by atoms with E-state index in [9.17, 15) is 9.59 Å². The van der Waals surface area contributed by atoms with Gasteiger partial charge in [0.15, 0.2) is 0 Å². The van der Waals surface area contributed by atoms with E-state index in [1.807, 2.05) is 10.7 Å². The van der Waals surface area contributed by atoms with Crippen LogP contribution in [0.5, 0.6) is 0 Å². The van der Waals surface area contributed by atoms with Crippen molar-refractivity contribution in [3.8, 4) is 0 Å². The van der Waals surface area contributed by atoms with Gasteiger partial charge in [0.2, 0.25) is 5.91 Å². The van der Waals surface area contributed by atoms with Gasteiger partial charge in [0.05, 0.1) is 18.3 Å². The van der Waals surface area contributed by atoms with Gasteiger partial charge in [-0.15, -0.1) is 0 Å². The standard InChI is InChI=1S/C18H22ClN5O3/c1-22(2)17(25)12-27-9-7-14-11-23(10-13-6-8-20-24(13)14)18(26)15-4-3-5-16(19)21-15/h3-6,8,14H,7,9-12H2,1-2H3. The molecule has 2 aromatic heterocycles. The van der Waals surface area contributed by atoms with Gasteiger partial charge in [-0.25, -0.2) is 4.98 Å². The molecule has 2 amide bonds. The van der Waals surface area contributed by atoms with Crippen LogP contribution in [0.25, 0.3) is 0 Å². The Kier molecular flexibility index (Phi) is 6.08. The molecule has 3 rings (SSSR count). The van der Waals surface area contributed by atoms with Crippen molar-refractivity contribution in [3.63, 3.8) is 0 Å². The van der Waals surface area contributed by atoms with E-state index in [4.69, 9.17) is 16.3 Å². The first-order valence-corrected chi connectivity index (χ1v) is 9.05. The molecule has 0 radical (unpaired) electrons. The van der Waals surface area contributed by atoms with Crippen molar-refractivity contribution in [3.05, 3.63) is 47.0 Å². The second kappa shape index (κ2) is 8.49. The highest BCUT2D eigenvalue weighted by atomic mass is 35.5. The van der Waals surface area contributed by atoms with Crippen molar-refractivity contribution >= 4 is 23.4 Å². The highest BCUT2D eigenvalue weighted by Crippen LogP contribution is 2.24. The number of rotatable bonds is 6. The summed E-state index contributed by atoms with van der Waals surface area (Å²) in [4.78, 5) is 31.8. The van der Waals surface area contributed by atoms with E-state index in [0.29, 0.717) is 37.0 Å². The Bertz CT molecular complexity index is 823. The highest BCUT2D eigenvalue weighted by Gasteiger charge is 2.29. The number of hydrogen-bond acceptors (Lipinski definition) is 5. The number of hydrogen-bond donors (Lipinski definition) is 0. The maximum Gasteiger partial charge on any atom is 0.272 e. The molecule has 0 fully saturated rings. The summed E-state index contributed by atoms with van der Waals surface area (Å²) in [6, 6.07) is 6.88. The van der Waals surface area contributed by atoms with Gasteiger partial charge in [-0.1, -0.05) is 17.7 Å². The van der Waals surface area contributed by atoms with Gasteiger partial charge < -0.3 is 14.5 Å². The molecule has 1 atom stereocenters. The summed E-state index contributed by atoms with van der Waals surface area (Å²) in [5, 5.41) is 4.66. The van der Waals surface area contributed by atoms with Gasteiger partial charge in [0.1, 0.15) is 17.5 Å². The molecule has 9 heteroatoms. The van der Waals surface area contributed by atoms with Crippen molar-refractivity contribution in [2.75, 3.05) is 33.9 Å². The van der Waals surface area contributed by atoms with E-state index < -0.39 is 0 Å². The Morgan fingerprint density at radius 2 is 2.15 bits per heavy atom. The molecule has 3 heterocycles. The number of carbonyl (C=O) groups is 2. The van der Waals surface area contributed by atoms with E-state index in [0.717, 1.165) is 5.69 Å². The molecule has 8 nitrogen and oxygen atoms in total. The zero-order valence-electron chi connectivity index (χ0n) is 15.3. The molecule has 2 aromatic rings. The van der Waals surface area contributed by atoms with Gasteiger partial charge in [-0.3, -0.25) is 14.3 Å². The van der Waals surface area contributed by atoms with Gasteiger partial charge in [0.25, 0.3) is 5.91 Å². The molecule has 1 aliphatic rings. The molecule has 0 bridgehead atoms. The van der Waals surface area contributed by atoms with Crippen molar-refractivity contribution in [1.29, 1.82) is 0 Å². The summed E-state index contributed by atoms with van der Waals surface area (Å²) in [5.41, 5.74) is 1.27. The van der Waals surface area contributed by atoms with E-state index in [1.54, 1.807) is 43.4 Å². The van der Waals surface area contributed by atoms with E-state index in [-0.39, 0.29) is 24.5 Å². The minimum Gasteiger partial charge on any atom is -0.372 e. The fourth-order valence-corrected chi connectivity index (χ4v) is 3.12. The highest BCUT2D eigenvalue weighted by molar-refractivity contribution is 6.29. The molecule has 0 N–H and O–H groups in total. The first-order chi connectivity index (χ1) is 13.0. The number of halogens is 1. The van der Waals surface area contributed by atoms with Crippen molar-refractivity contribution < 1.29 is 14.3 Å². The van der Waals surface area contributed by atoms with Gasteiger partial charge in [-0.2, -0.15) is 5.10 Å². The average molecular weight is 392 g/mol. The number of pyridine rings is 1. The van der Waals surface area contributed by atoms with Crippen molar-refractivity contribution in [2.24, 2.45) is 0 Å². The number of likely N-dealkylation sites (N-methyl/N-ethyl adjacent to an activating group) is 1. The molecule has 0 aromatic carbocycles. The Morgan fingerprint density at radius 3 is 2.89 bits per heavy atom. The first kappa shape index (κ1) is 19.3. The number of nitrogens with zero attached hydrogens (tertiary/aromatic N) is 5. The Balaban J connectivity index is 1.65. The van der Waals surface area contributed by atoms with Crippen LogP contribution >= 0.6 is 11.6 Å². The topological polar surface area (TPSA) is 80.6 Å². The molecular weight excluding hydrogens is 370 g/mol. The van der Waals surface area contributed by atoms with Crippen LogP contribution in [0, 0.1) is 0 Å². The largest absolute Gasteiger partial charge is 0.372 e. The number of fused-ring (bicyclic) bond motifs is 1. The molecule has 27 heavy (non-hydrogen) atoms. The fourth-order valence-electron chi connectivity index (χ4n) is 2.95. The number of aromatic nitrogens is 3. The summed E-state index contributed by atoms with van der Waals surface area (Å²) in [5.74, 6) is -0.249. The Labute approximate surface area is 162 Å². The average Bonchev–Trinajstić information content (AvgIpc) is 3.12. The number of ether oxygens (including phenoxy) is 1. The molecule has 0 spiro atoms. The quantitative estimate of drug-likeness (QED) is 0.552. The molecule has 1 aliphatic heterocycles. The summed E-state index contributed by atoms with van der Waals surface area (Å²) < 4.78 is 7.40. The monoisotopic (exact) mass is 391 g/mol. The van der Waals surface area contributed by atoms with Crippen LogP contribution in [0.4, 0.5) is 0 Å². The lowest BCUT2D eigenvalue weighted by molar-refractivity contribution is -0.133. The normalized spacial score (nSPS) is 16.1. The van der Waals surface area contributed by atoms with Crippen LogP contribution < -0.4 is 0 Å². The number of amides is 2. The lowest BCUT2D eigenvalue weighted by Gasteiger charge is -2.33. The van der Waals surface area contributed by atoms with Gasteiger partial charge in [-0.05, 0) is 24.6 Å². The first-order valence-electron chi connectivity index (χ1n) is 8.68. The van der Waals surface area contributed by atoms with E-state index >= 15 is 0 Å². The lowest BCUT2D eigenvalue weighted by atomic mass is 10.1. The molecule has 1 unspecified atom stereocenters. The third kappa shape index (κ3) is 4.64. The maximum atomic E-state index is 12.8. The number of carbonyl (C=O) groups excluding carboxylic acids is 2. The molecule has 0 saturated carbocycles. The minimum absolute atomic E-state index is 0.0265. The second-order valence-electron chi connectivity index (χ2n) is 6.58. The van der Waals surface area contributed by atoms with E-state index in [2.05, 4.69) is 10.1 Å². The summed E-state index contributed by atoms with van der Waals surface area (Å²) in [6.07, 6.45) is 2.37. The zero-order valence-corrected chi connectivity index (χ0v) is 16.1. The predicted molar refractivity (Wildman–Crippen MR) is 99.4 cm³/mol. The van der Waals surface area contributed by atoms with Crippen LogP contribution in [0.3, 0.4) is 0 Å². The Morgan fingerprint density at radius 1 is 1.33 bits per heavy atom. The van der Waals surface area contributed by atoms with Crippen LogP contribution in [-0.4, -0.2) is 70.2 Å². The second-order valence-corrected chi connectivity index (χ2v) is 6.97. The predicted octanol–water partition coefficient (Wildman–Crippen LogP) is 1.62. The van der Waals surface area contributed by atoms with Crippen molar-refractivity contribution in [1.82, 2.24) is 24.6 Å². The maximum absolute atomic E-state index is 12.8. The zero-order chi connectivity index (χ0) is 19.4. The summed E-state index contributed by atoms with van der Waals surface area (Å²) in [7, 11) is 3.38. The van der Waals surface area contributed by atoms with Crippen LogP contribution in [0.2, 0.25) is 5.15 Å². The Hall–Kier alpha value is -2.45. The van der Waals surface area contributed by atoms with Crippen LogP contribution in [-0.2, 0) is 16.1 Å². The summed E-state index contributed by atoms with van der Waals surface area (Å²) >= 11 is 5.91. The van der Waals surface area contributed by atoms with Crippen LogP contribution in [0.1, 0.15) is 28.6 Å². The van der Waals surface area contributed by atoms with Crippen molar-refractivity contribution in [2.45, 2.75) is 19.0 Å². The van der Waals surface area contributed by atoms with Gasteiger partial charge >= 0.3 is 0 Å². The third-order valence-electron chi connectivity index (χ3n) is 4.42. The summed E-state index contributed by atoms with van der Waals surface area (Å²) in [6.45, 7) is 1.40. The van der Waals surface area contributed by atoms with Gasteiger partial charge in [0, 0.05) is 33.4 Å². The van der Waals surface area contributed by atoms with Crippen LogP contribution in [0.15, 0.2) is 30.5 Å². The fraction of sp³-hybridized carbons (Fsp3) is 0.444. The minimum atomic E-state index is -0.168. The van der Waals surface area contributed by atoms with E-state index in [1.165, 1.54) is 4.90 Å². The lowest BCUT2D eigenvalue weighted by Crippen LogP contribution is -2.42. The molecule has 0 saturated heterocycles. The molecule has 144 valence electrons. The SMILES string of the molecule is CN(C)C(=O)COCCC1CN(C(=O)c2cccc(Cl)n2)Cc2ccnn21. The molecular formula is C18H22ClN5O3. The third-order valence-corrected chi connectivity index (χ3v) is 4.63. The smallest absolute Gasteiger partial charge is 0.272 e. The molecule has 0 aliphatic carbocycles.